The Balaban J connectivity index is 1.87. The number of hydrogen-bond acceptors (Lipinski definition) is 2. The molecule has 7 heteroatoms. The fourth-order valence-electron chi connectivity index (χ4n) is 3.38. The minimum absolute atomic E-state index is 0.256. The molecule has 1 unspecified atom stereocenters. The minimum atomic E-state index is -4.01. The Kier molecular flexibility index (Phi) is 4.34. The van der Waals surface area contributed by atoms with E-state index in [0.717, 1.165) is 17.3 Å². The molecular weight excluding hydrogens is 375 g/mol. The van der Waals surface area contributed by atoms with Crippen LogP contribution in [-0.4, -0.2) is 23.8 Å². The number of halogens is 2. The third kappa shape index (κ3) is 2.84. The van der Waals surface area contributed by atoms with Crippen molar-refractivity contribution in [3.05, 3.63) is 89.0 Å². The third-order valence-electron chi connectivity index (χ3n) is 4.60. The second kappa shape index (κ2) is 6.54. The van der Waals surface area contributed by atoms with Gasteiger partial charge in [-0.3, -0.25) is 0 Å². The number of nitrogens with zero attached hydrogens (tertiary/aromatic N) is 2. The summed E-state index contributed by atoms with van der Waals surface area (Å²) in [6, 6.07) is 15.8. The molecule has 0 amide bonds. The summed E-state index contributed by atoms with van der Waals surface area (Å²) in [5, 5.41) is 0.573. The number of aromatic nitrogens is 1. The number of hydrogen-bond donors (Lipinski definition) is 0. The maximum absolute atomic E-state index is 14.2. The molecule has 1 aromatic heterocycles. The Hall–Kier alpha value is -2.15. The van der Waals surface area contributed by atoms with Gasteiger partial charge in [0.15, 0.2) is 0 Å². The fraction of sp³-hybridized carbons (Fsp3) is 0.158. The molecule has 0 fully saturated rings. The quantitative estimate of drug-likeness (QED) is 0.676. The van der Waals surface area contributed by atoms with Crippen LogP contribution in [0.25, 0.3) is 0 Å². The van der Waals surface area contributed by atoms with Crippen molar-refractivity contribution in [2.24, 2.45) is 0 Å². The molecule has 1 atom stereocenters. The Morgan fingerprint density at radius 2 is 1.69 bits per heavy atom. The molecule has 3 aromatic rings. The highest BCUT2D eigenvalue weighted by Crippen LogP contribution is 2.37. The first kappa shape index (κ1) is 17.3. The summed E-state index contributed by atoms with van der Waals surface area (Å²) in [5.74, 6) is -0.747. The van der Waals surface area contributed by atoms with E-state index in [1.165, 1.54) is 22.5 Å². The first-order valence-corrected chi connectivity index (χ1v) is 9.97. The summed E-state index contributed by atoms with van der Waals surface area (Å²) < 4.78 is 44.1. The summed E-state index contributed by atoms with van der Waals surface area (Å²) >= 11 is 5.99. The van der Waals surface area contributed by atoms with Crippen molar-refractivity contribution in [2.45, 2.75) is 17.5 Å². The highest BCUT2D eigenvalue weighted by Gasteiger charge is 2.38. The van der Waals surface area contributed by atoms with Crippen molar-refractivity contribution in [1.82, 2.24) is 8.87 Å². The molecule has 4 rings (SSSR count). The van der Waals surface area contributed by atoms with E-state index >= 15 is 0 Å². The van der Waals surface area contributed by atoms with E-state index in [1.807, 2.05) is 22.9 Å². The normalized spacial score (nSPS) is 17.8. The molecule has 1 aliphatic heterocycles. The summed E-state index contributed by atoms with van der Waals surface area (Å²) in [6.07, 6.45) is 1.92. The van der Waals surface area contributed by atoms with E-state index in [9.17, 15) is 12.8 Å². The van der Waals surface area contributed by atoms with Crippen LogP contribution in [0.1, 0.15) is 17.3 Å². The molecule has 0 N–H and O–H groups in total. The number of fused-ring (bicyclic) bond motifs is 1. The van der Waals surface area contributed by atoms with Gasteiger partial charge in [0.1, 0.15) is 10.7 Å². The van der Waals surface area contributed by atoms with Gasteiger partial charge in [-0.25, -0.2) is 12.8 Å². The van der Waals surface area contributed by atoms with E-state index in [2.05, 4.69) is 0 Å². The van der Waals surface area contributed by atoms with Crippen LogP contribution in [0.15, 0.2) is 71.8 Å². The van der Waals surface area contributed by atoms with E-state index in [0.29, 0.717) is 11.6 Å². The molecule has 1 aliphatic rings. The average Bonchev–Trinajstić information content (AvgIpc) is 3.10. The molecule has 0 bridgehead atoms. The van der Waals surface area contributed by atoms with E-state index in [-0.39, 0.29) is 11.4 Å². The van der Waals surface area contributed by atoms with Crippen LogP contribution in [0.2, 0.25) is 5.02 Å². The average molecular weight is 391 g/mol. The molecule has 0 aliphatic carbocycles. The zero-order valence-corrected chi connectivity index (χ0v) is 15.3. The Labute approximate surface area is 156 Å². The summed E-state index contributed by atoms with van der Waals surface area (Å²) in [6.45, 7) is 0.770. The second-order valence-corrected chi connectivity index (χ2v) is 8.42. The van der Waals surface area contributed by atoms with Gasteiger partial charge in [0, 0.05) is 30.0 Å². The van der Waals surface area contributed by atoms with Gasteiger partial charge < -0.3 is 4.57 Å². The van der Waals surface area contributed by atoms with E-state index < -0.39 is 21.9 Å². The van der Waals surface area contributed by atoms with Gasteiger partial charge in [-0.05, 0) is 42.0 Å². The van der Waals surface area contributed by atoms with Crippen molar-refractivity contribution >= 4 is 21.6 Å². The summed E-state index contributed by atoms with van der Waals surface area (Å²) in [7, 11) is -4.01. The predicted molar refractivity (Wildman–Crippen MR) is 98.0 cm³/mol. The maximum Gasteiger partial charge on any atom is 0.246 e. The predicted octanol–water partition coefficient (Wildman–Crippen LogP) is 4.07. The first-order chi connectivity index (χ1) is 12.5. The summed E-state index contributed by atoms with van der Waals surface area (Å²) in [4.78, 5) is -0.307. The Bertz CT molecular complexity index is 1050. The van der Waals surface area contributed by atoms with Crippen LogP contribution >= 0.6 is 11.6 Å². The zero-order valence-electron chi connectivity index (χ0n) is 13.7. The van der Waals surface area contributed by atoms with Crippen molar-refractivity contribution < 1.29 is 12.8 Å². The summed E-state index contributed by atoms with van der Waals surface area (Å²) in [5.41, 5.74) is 1.63. The van der Waals surface area contributed by atoms with Gasteiger partial charge >= 0.3 is 0 Å². The lowest BCUT2D eigenvalue weighted by atomic mass is 10.0. The highest BCUT2D eigenvalue weighted by molar-refractivity contribution is 7.89. The Morgan fingerprint density at radius 1 is 0.962 bits per heavy atom. The highest BCUT2D eigenvalue weighted by atomic mass is 35.5. The Morgan fingerprint density at radius 3 is 2.42 bits per heavy atom. The molecule has 4 nitrogen and oxygen atoms in total. The van der Waals surface area contributed by atoms with Gasteiger partial charge in [-0.1, -0.05) is 35.9 Å². The second-order valence-electron chi connectivity index (χ2n) is 6.13. The minimum Gasteiger partial charge on any atom is -0.348 e. The van der Waals surface area contributed by atoms with Crippen LogP contribution in [0, 0.1) is 5.82 Å². The first-order valence-electron chi connectivity index (χ1n) is 8.15. The molecule has 0 radical (unpaired) electrons. The third-order valence-corrected chi connectivity index (χ3v) is 6.75. The molecule has 2 aromatic carbocycles. The zero-order chi connectivity index (χ0) is 18.3. The number of rotatable bonds is 3. The topological polar surface area (TPSA) is 42.3 Å². The van der Waals surface area contributed by atoms with Gasteiger partial charge in [0.2, 0.25) is 10.0 Å². The van der Waals surface area contributed by atoms with Crippen molar-refractivity contribution in [3.63, 3.8) is 0 Å². The lowest BCUT2D eigenvalue weighted by Gasteiger charge is -2.36. The molecule has 134 valence electrons. The van der Waals surface area contributed by atoms with Crippen LogP contribution in [0.5, 0.6) is 0 Å². The smallest absolute Gasteiger partial charge is 0.246 e. The van der Waals surface area contributed by atoms with Gasteiger partial charge in [0.25, 0.3) is 0 Å². The van der Waals surface area contributed by atoms with Crippen molar-refractivity contribution in [3.8, 4) is 0 Å². The largest absolute Gasteiger partial charge is 0.348 e. The van der Waals surface area contributed by atoms with Crippen LogP contribution in [0.3, 0.4) is 0 Å². The van der Waals surface area contributed by atoms with Gasteiger partial charge in [0.05, 0.1) is 6.04 Å². The van der Waals surface area contributed by atoms with Crippen molar-refractivity contribution in [2.75, 3.05) is 6.54 Å². The molecule has 0 saturated heterocycles. The lowest BCUT2D eigenvalue weighted by Crippen LogP contribution is -2.42. The number of benzene rings is 2. The van der Waals surface area contributed by atoms with E-state index in [4.69, 9.17) is 11.6 Å². The molecule has 26 heavy (non-hydrogen) atoms. The lowest BCUT2D eigenvalue weighted by molar-refractivity contribution is 0.297. The monoisotopic (exact) mass is 390 g/mol. The molecular formula is C19H16ClFN2O2S. The van der Waals surface area contributed by atoms with E-state index in [1.54, 1.807) is 24.3 Å². The standard InChI is InChI=1S/C19H16ClFN2O2S/c20-15-9-7-14(8-10-15)19-17-5-3-11-22(17)12-13-23(19)26(24,25)18-6-2-1-4-16(18)21/h1-11,19H,12-13H2. The SMILES string of the molecule is O=S(=O)(c1ccccc1F)N1CCn2cccc2C1c1ccc(Cl)cc1. The van der Waals surface area contributed by atoms with Gasteiger partial charge in [-0.15, -0.1) is 0 Å². The van der Waals surface area contributed by atoms with Crippen LogP contribution in [-0.2, 0) is 16.6 Å². The van der Waals surface area contributed by atoms with Crippen LogP contribution < -0.4 is 0 Å². The number of sulfonamides is 1. The molecule has 0 saturated carbocycles. The fourth-order valence-corrected chi connectivity index (χ4v) is 5.16. The maximum atomic E-state index is 14.2. The molecule has 2 heterocycles. The molecule has 0 spiro atoms. The van der Waals surface area contributed by atoms with Crippen molar-refractivity contribution in [1.29, 1.82) is 0 Å². The van der Waals surface area contributed by atoms with Crippen LogP contribution in [0.4, 0.5) is 4.39 Å². The van der Waals surface area contributed by atoms with Gasteiger partial charge in [-0.2, -0.15) is 4.31 Å².